The molecule has 1 aliphatic rings. The van der Waals surface area contributed by atoms with E-state index >= 15 is 0 Å². The molecule has 3 aromatic carbocycles. The van der Waals surface area contributed by atoms with Crippen LogP contribution in [0.3, 0.4) is 0 Å². The maximum atomic E-state index is 13.8. The van der Waals surface area contributed by atoms with Crippen molar-refractivity contribution in [3.63, 3.8) is 0 Å². The molecule has 0 radical (unpaired) electrons. The van der Waals surface area contributed by atoms with Crippen molar-refractivity contribution in [2.24, 2.45) is 0 Å². The van der Waals surface area contributed by atoms with Gasteiger partial charge in [0.25, 0.3) is 0 Å². The Morgan fingerprint density at radius 1 is 0.871 bits per heavy atom. The molecule has 1 saturated heterocycles. The molecule has 1 aliphatic heterocycles. The molecule has 1 atom stereocenters. The van der Waals surface area contributed by atoms with Crippen molar-refractivity contribution in [2.45, 2.75) is 19.9 Å². The molecule has 1 heterocycles. The molecule has 1 fully saturated rings. The summed E-state index contributed by atoms with van der Waals surface area (Å²) in [6.07, 6.45) is 0. The fourth-order valence-electron chi connectivity index (χ4n) is 4.05. The average molecular weight is 418 g/mol. The molecule has 160 valence electrons. The molecule has 31 heavy (non-hydrogen) atoms. The standard InChI is InChI=1S/C26H28FN3O/c1-19-8-11-22(12-9-19)25(21-6-4-3-5-7-21)29-14-16-30(17-15-29)26(31)28-23-13-10-20(2)24(27)18-23/h3-13,18,25H,14-17H2,1-2H3,(H,28,31)/t25-/m0/s1. The van der Waals surface area contributed by atoms with Crippen LogP contribution in [0.1, 0.15) is 28.3 Å². The van der Waals surface area contributed by atoms with E-state index in [9.17, 15) is 9.18 Å². The van der Waals surface area contributed by atoms with Gasteiger partial charge in [-0.3, -0.25) is 4.90 Å². The highest BCUT2D eigenvalue weighted by Gasteiger charge is 2.28. The highest BCUT2D eigenvalue weighted by Crippen LogP contribution is 2.30. The largest absolute Gasteiger partial charge is 0.322 e. The number of urea groups is 1. The molecular weight excluding hydrogens is 389 g/mol. The van der Waals surface area contributed by atoms with Gasteiger partial charge in [-0.1, -0.05) is 66.2 Å². The minimum atomic E-state index is -0.313. The Hall–Kier alpha value is -3.18. The number of hydrogen-bond donors (Lipinski definition) is 1. The normalized spacial score (nSPS) is 15.5. The second kappa shape index (κ2) is 9.31. The summed E-state index contributed by atoms with van der Waals surface area (Å²) in [7, 11) is 0. The molecule has 1 N–H and O–H groups in total. The van der Waals surface area contributed by atoms with Crippen LogP contribution in [0.2, 0.25) is 0 Å². The number of nitrogens with one attached hydrogen (secondary N) is 1. The Balaban J connectivity index is 1.45. The summed E-state index contributed by atoms with van der Waals surface area (Å²) in [6, 6.07) is 23.9. The van der Waals surface area contributed by atoms with Gasteiger partial charge in [-0.25, -0.2) is 9.18 Å². The van der Waals surface area contributed by atoms with Crippen LogP contribution in [0, 0.1) is 19.7 Å². The summed E-state index contributed by atoms with van der Waals surface area (Å²) in [6.45, 7) is 6.58. The van der Waals surface area contributed by atoms with E-state index in [1.165, 1.54) is 22.8 Å². The van der Waals surface area contributed by atoms with Crippen molar-refractivity contribution in [1.82, 2.24) is 9.80 Å². The van der Waals surface area contributed by atoms with Gasteiger partial charge in [-0.05, 0) is 42.7 Å². The second-order valence-electron chi connectivity index (χ2n) is 8.14. The van der Waals surface area contributed by atoms with E-state index < -0.39 is 0 Å². The first kappa shape index (κ1) is 21.1. The van der Waals surface area contributed by atoms with E-state index in [2.05, 4.69) is 65.7 Å². The zero-order chi connectivity index (χ0) is 21.8. The maximum Gasteiger partial charge on any atom is 0.321 e. The van der Waals surface area contributed by atoms with Crippen LogP contribution in [0.5, 0.6) is 0 Å². The van der Waals surface area contributed by atoms with E-state index in [1.807, 2.05) is 6.07 Å². The van der Waals surface area contributed by atoms with Gasteiger partial charge >= 0.3 is 6.03 Å². The van der Waals surface area contributed by atoms with Gasteiger partial charge in [0.05, 0.1) is 6.04 Å². The number of carbonyl (C=O) groups excluding carboxylic acids is 1. The van der Waals surface area contributed by atoms with E-state index in [4.69, 9.17) is 0 Å². The molecule has 5 heteroatoms. The van der Waals surface area contributed by atoms with Crippen LogP contribution in [-0.2, 0) is 0 Å². The summed E-state index contributed by atoms with van der Waals surface area (Å²) in [5.41, 5.74) is 4.79. The smallest absolute Gasteiger partial charge is 0.321 e. The number of halogens is 1. The third-order valence-corrected chi connectivity index (χ3v) is 5.90. The summed E-state index contributed by atoms with van der Waals surface area (Å²) in [5.74, 6) is -0.313. The summed E-state index contributed by atoms with van der Waals surface area (Å²) >= 11 is 0. The number of piperazine rings is 1. The zero-order valence-corrected chi connectivity index (χ0v) is 18.0. The van der Waals surface area contributed by atoms with E-state index in [0.29, 0.717) is 24.3 Å². The molecular formula is C26H28FN3O. The number of nitrogens with zero attached hydrogens (tertiary/aromatic N) is 2. The van der Waals surface area contributed by atoms with Crippen LogP contribution in [0.25, 0.3) is 0 Å². The van der Waals surface area contributed by atoms with Crippen LogP contribution < -0.4 is 5.32 Å². The van der Waals surface area contributed by atoms with E-state index in [1.54, 1.807) is 24.0 Å². The summed E-state index contributed by atoms with van der Waals surface area (Å²) in [5, 5.41) is 2.82. The van der Waals surface area contributed by atoms with E-state index in [0.717, 1.165) is 13.1 Å². The maximum absolute atomic E-state index is 13.8. The Morgan fingerprint density at radius 2 is 1.52 bits per heavy atom. The van der Waals surface area contributed by atoms with Crippen molar-refractivity contribution >= 4 is 11.7 Å². The Kier molecular flexibility index (Phi) is 6.33. The monoisotopic (exact) mass is 417 g/mol. The molecule has 0 spiro atoms. The van der Waals surface area contributed by atoms with Crippen LogP contribution >= 0.6 is 0 Å². The summed E-state index contributed by atoms with van der Waals surface area (Å²) < 4.78 is 13.8. The molecule has 0 saturated carbocycles. The molecule has 0 unspecified atom stereocenters. The van der Waals surface area contributed by atoms with Crippen molar-refractivity contribution < 1.29 is 9.18 Å². The predicted octanol–water partition coefficient (Wildman–Crippen LogP) is 5.38. The first-order valence-corrected chi connectivity index (χ1v) is 10.7. The lowest BCUT2D eigenvalue weighted by molar-refractivity contribution is 0.126. The lowest BCUT2D eigenvalue weighted by Gasteiger charge is -2.39. The fraction of sp³-hybridized carbons (Fsp3) is 0.269. The van der Waals surface area contributed by atoms with Gasteiger partial charge in [-0.15, -0.1) is 0 Å². The van der Waals surface area contributed by atoms with Crippen molar-refractivity contribution in [1.29, 1.82) is 0 Å². The quantitative estimate of drug-likeness (QED) is 0.618. The van der Waals surface area contributed by atoms with Crippen molar-refractivity contribution in [3.8, 4) is 0 Å². The topological polar surface area (TPSA) is 35.6 Å². The minimum Gasteiger partial charge on any atom is -0.322 e. The first-order valence-electron chi connectivity index (χ1n) is 10.7. The van der Waals surface area contributed by atoms with Crippen molar-refractivity contribution in [2.75, 3.05) is 31.5 Å². The molecule has 2 amide bonds. The van der Waals surface area contributed by atoms with Gasteiger partial charge in [0.1, 0.15) is 5.82 Å². The highest BCUT2D eigenvalue weighted by atomic mass is 19.1. The van der Waals surface area contributed by atoms with Crippen LogP contribution in [0.15, 0.2) is 72.8 Å². The predicted molar refractivity (Wildman–Crippen MR) is 123 cm³/mol. The Bertz CT molecular complexity index is 1030. The number of benzene rings is 3. The third kappa shape index (κ3) is 4.94. The van der Waals surface area contributed by atoms with Gasteiger partial charge in [0.2, 0.25) is 0 Å². The lowest BCUT2D eigenvalue weighted by Crippen LogP contribution is -2.51. The Labute approximate surface area is 183 Å². The zero-order valence-electron chi connectivity index (χ0n) is 18.0. The fourth-order valence-corrected chi connectivity index (χ4v) is 4.05. The molecule has 0 aromatic heterocycles. The third-order valence-electron chi connectivity index (χ3n) is 5.90. The number of anilines is 1. The van der Waals surface area contributed by atoms with Crippen molar-refractivity contribution in [3.05, 3.63) is 101 Å². The SMILES string of the molecule is Cc1ccc([C@H](c2ccccc2)N2CCN(C(=O)Nc3ccc(C)c(F)c3)CC2)cc1. The molecule has 3 aromatic rings. The van der Waals surface area contributed by atoms with Crippen LogP contribution in [-0.4, -0.2) is 42.0 Å². The number of rotatable bonds is 4. The lowest BCUT2D eigenvalue weighted by atomic mass is 9.95. The first-order chi connectivity index (χ1) is 15.0. The summed E-state index contributed by atoms with van der Waals surface area (Å²) in [4.78, 5) is 16.9. The molecule has 0 aliphatic carbocycles. The molecule has 0 bridgehead atoms. The van der Waals surface area contributed by atoms with Gasteiger partial charge < -0.3 is 10.2 Å². The van der Waals surface area contributed by atoms with Gasteiger partial charge in [0, 0.05) is 31.9 Å². The molecule has 4 nitrogen and oxygen atoms in total. The average Bonchev–Trinajstić information content (AvgIpc) is 2.79. The number of aryl methyl sites for hydroxylation is 2. The van der Waals surface area contributed by atoms with E-state index in [-0.39, 0.29) is 17.9 Å². The van der Waals surface area contributed by atoms with Crippen LogP contribution in [0.4, 0.5) is 14.9 Å². The number of hydrogen-bond acceptors (Lipinski definition) is 2. The van der Waals surface area contributed by atoms with Gasteiger partial charge in [0.15, 0.2) is 0 Å². The highest BCUT2D eigenvalue weighted by molar-refractivity contribution is 5.89. The minimum absolute atomic E-state index is 0.151. The second-order valence-corrected chi connectivity index (χ2v) is 8.14. The number of amides is 2. The van der Waals surface area contributed by atoms with Gasteiger partial charge in [-0.2, -0.15) is 0 Å². The number of carbonyl (C=O) groups is 1. The Morgan fingerprint density at radius 3 is 2.16 bits per heavy atom. The molecule has 4 rings (SSSR count).